The minimum atomic E-state index is -0.157. The molecule has 3 aliphatic rings. The third kappa shape index (κ3) is 4.34. The Morgan fingerprint density at radius 2 is 1.91 bits per heavy atom. The van der Waals surface area contributed by atoms with Crippen LogP contribution in [0.5, 0.6) is 0 Å². The fourth-order valence-corrected chi connectivity index (χ4v) is 5.87. The highest BCUT2D eigenvalue weighted by molar-refractivity contribution is 6.31. The quantitative estimate of drug-likeness (QED) is 0.643. The van der Waals surface area contributed by atoms with Crippen LogP contribution in [0.2, 0.25) is 5.02 Å². The second-order valence-corrected chi connectivity index (χ2v) is 10.1. The molecule has 3 aliphatic heterocycles. The summed E-state index contributed by atoms with van der Waals surface area (Å²) in [4.78, 5) is 17.2. The molecule has 2 aromatic rings. The molecule has 1 N–H and O–H groups in total. The molecule has 2 aromatic carbocycles. The van der Waals surface area contributed by atoms with Gasteiger partial charge in [0.15, 0.2) is 0 Å². The van der Waals surface area contributed by atoms with E-state index in [2.05, 4.69) is 59.5 Å². The molecule has 1 unspecified atom stereocenters. The molecular weight excluding hydrogens is 430 g/mol. The van der Waals surface area contributed by atoms with Gasteiger partial charge < -0.3 is 10.2 Å². The standard InChI is InChI=1S/C28H32ClN3O/c1-18-5-4-6-26(29)25(18)17-31-13-11-21(12-14-31)22-8-9-24-20(3)32(16-23(24)15-22)27-10-7-19(2)30-28(27)33/h4-6,8-9,15,21,27H,2-3,7,10-14,16-17H2,1H3,(H,30,33). The first-order chi connectivity index (χ1) is 15.9. The number of benzene rings is 2. The first kappa shape index (κ1) is 22.2. The zero-order valence-electron chi connectivity index (χ0n) is 19.4. The number of carbonyl (C=O) groups excluding carboxylic acids is 1. The van der Waals surface area contributed by atoms with Gasteiger partial charge in [0.2, 0.25) is 5.91 Å². The van der Waals surface area contributed by atoms with Gasteiger partial charge in [0.1, 0.15) is 6.04 Å². The highest BCUT2D eigenvalue weighted by Gasteiger charge is 2.35. The van der Waals surface area contributed by atoms with E-state index in [0.29, 0.717) is 5.92 Å². The molecule has 2 saturated heterocycles. The average Bonchev–Trinajstić information content (AvgIpc) is 3.12. The summed E-state index contributed by atoms with van der Waals surface area (Å²) >= 11 is 6.46. The Morgan fingerprint density at radius 1 is 1.12 bits per heavy atom. The number of carbonyl (C=O) groups is 1. The van der Waals surface area contributed by atoms with Crippen LogP contribution in [-0.2, 0) is 17.9 Å². The van der Waals surface area contributed by atoms with E-state index in [4.69, 9.17) is 11.6 Å². The number of amides is 1. The van der Waals surface area contributed by atoms with Crippen molar-refractivity contribution in [1.29, 1.82) is 0 Å². The second-order valence-electron chi connectivity index (χ2n) is 9.72. The average molecular weight is 462 g/mol. The van der Waals surface area contributed by atoms with Crippen molar-refractivity contribution >= 4 is 23.2 Å². The van der Waals surface area contributed by atoms with Crippen molar-refractivity contribution in [2.24, 2.45) is 0 Å². The maximum absolute atomic E-state index is 12.5. The zero-order chi connectivity index (χ0) is 23.1. The number of hydrogen-bond donors (Lipinski definition) is 1. The molecule has 1 atom stereocenters. The molecule has 1 amide bonds. The number of nitrogens with zero attached hydrogens (tertiary/aromatic N) is 2. The number of allylic oxidation sites excluding steroid dienone is 1. The Bertz CT molecular complexity index is 1100. The van der Waals surface area contributed by atoms with Crippen LogP contribution in [0.15, 0.2) is 55.3 Å². The summed E-state index contributed by atoms with van der Waals surface area (Å²) in [6.07, 6.45) is 3.93. The maximum Gasteiger partial charge on any atom is 0.246 e. The van der Waals surface area contributed by atoms with Crippen LogP contribution in [0.3, 0.4) is 0 Å². The van der Waals surface area contributed by atoms with Crippen LogP contribution < -0.4 is 5.32 Å². The summed E-state index contributed by atoms with van der Waals surface area (Å²) < 4.78 is 0. The van der Waals surface area contributed by atoms with Gasteiger partial charge in [-0.15, -0.1) is 0 Å². The molecule has 5 heteroatoms. The van der Waals surface area contributed by atoms with Crippen LogP contribution in [0.4, 0.5) is 0 Å². The molecule has 0 bridgehead atoms. The number of piperidine rings is 2. The Morgan fingerprint density at radius 3 is 2.64 bits per heavy atom. The molecule has 0 aromatic heterocycles. The van der Waals surface area contributed by atoms with Gasteiger partial charge >= 0.3 is 0 Å². The summed E-state index contributed by atoms with van der Waals surface area (Å²) in [5.74, 6) is 0.615. The number of likely N-dealkylation sites (tertiary alicyclic amines) is 1. The van der Waals surface area contributed by atoms with Crippen molar-refractivity contribution in [3.63, 3.8) is 0 Å². The highest BCUT2D eigenvalue weighted by Crippen LogP contribution is 2.38. The summed E-state index contributed by atoms with van der Waals surface area (Å²) in [7, 11) is 0. The second kappa shape index (κ2) is 9.00. The highest BCUT2D eigenvalue weighted by atomic mass is 35.5. The summed E-state index contributed by atoms with van der Waals surface area (Å²) in [5.41, 5.74) is 8.20. The summed E-state index contributed by atoms with van der Waals surface area (Å²) in [5, 5.41) is 3.79. The maximum atomic E-state index is 12.5. The molecule has 0 spiro atoms. The normalized spacial score (nSPS) is 21.9. The Balaban J connectivity index is 1.24. The summed E-state index contributed by atoms with van der Waals surface area (Å²) in [6, 6.07) is 12.8. The Hall–Kier alpha value is -2.56. The lowest BCUT2D eigenvalue weighted by molar-refractivity contribution is -0.125. The molecule has 0 radical (unpaired) electrons. The van der Waals surface area contributed by atoms with E-state index in [-0.39, 0.29) is 11.9 Å². The summed E-state index contributed by atoms with van der Waals surface area (Å²) in [6.45, 7) is 14.2. The zero-order valence-corrected chi connectivity index (χ0v) is 20.1. The first-order valence-corrected chi connectivity index (χ1v) is 12.3. The van der Waals surface area contributed by atoms with Crippen LogP contribution >= 0.6 is 11.6 Å². The van der Waals surface area contributed by atoms with Crippen molar-refractivity contribution in [3.05, 3.63) is 88.1 Å². The lowest BCUT2D eigenvalue weighted by Gasteiger charge is -2.33. The van der Waals surface area contributed by atoms with Crippen molar-refractivity contribution < 1.29 is 4.79 Å². The topological polar surface area (TPSA) is 35.6 Å². The van der Waals surface area contributed by atoms with Crippen molar-refractivity contribution in [2.75, 3.05) is 13.1 Å². The third-order valence-electron chi connectivity index (χ3n) is 7.62. The largest absolute Gasteiger partial charge is 0.355 e. The van der Waals surface area contributed by atoms with E-state index in [1.165, 1.54) is 27.8 Å². The van der Waals surface area contributed by atoms with Gasteiger partial charge in [0.05, 0.1) is 0 Å². The number of aryl methyl sites for hydroxylation is 1. The van der Waals surface area contributed by atoms with Crippen LogP contribution in [-0.4, -0.2) is 34.8 Å². The predicted molar refractivity (Wildman–Crippen MR) is 135 cm³/mol. The Kier molecular flexibility index (Phi) is 6.07. The predicted octanol–water partition coefficient (Wildman–Crippen LogP) is 5.61. The molecular formula is C28H32ClN3O. The van der Waals surface area contributed by atoms with E-state index >= 15 is 0 Å². The number of hydrogen-bond acceptors (Lipinski definition) is 3. The molecule has 0 saturated carbocycles. The smallest absolute Gasteiger partial charge is 0.246 e. The fraction of sp³-hybridized carbons (Fsp3) is 0.393. The van der Waals surface area contributed by atoms with Crippen LogP contribution in [0.25, 0.3) is 5.70 Å². The lowest BCUT2D eigenvalue weighted by Crippen LogP contribution is -2.47. The number of fused-ring (bicyclic) bond motifs is 1. The molecule has 172 valence electrons. The van der Waals surface area contributed by atoms with Crippen molar-refractivity contribution in [2.45, 2.75) is 57.7 Å². The molecule has 33 heavy (non-hydrogen) atoms. The fourth-order valence-electron chi connectivity index (χ4n) is 5.59. The van der Waals surface area contributed by atoms with Crippen LogP contribution in [0, 0.1) is 6.92 Å². The van der Waals surface area contributed by atoms with Crippen molar-refractivity contribution in [1.82, 2.24) is 15.1 Å². The number of halogens is 1. The number of rotatable bonds is 4. The molecule has 2 fully saturated rings. The van der Waals surface area contributed by atoms with E-state index < -0.39 is 0 Å². The van der Waals surface area contributed by atoms with E-state index in [9.17, 15) is 4.79 Å². The van der Waals surface area contributed by atoms with Gasteiger partial charge in [-0.05, 0) is 79.9 Å². The monoisotopic (exact) mass is 461 g/mol. The molecule has 5 rings (SSSR count). The van der Waals surface area contributed by atoms with E-state index in [0.717, 1.165) is 68.3 Å². The van der Waals surface area contributed by atoms with Gasteiger partial charge in [0.25, 0.3) is 0 Å². The molecule has 4 nitrogen and oxygen atoms in total. The minimum Gasteiger partial charge on any atom is -0.355 e. The van der Waals surface area contributed by atoms with Crippen LogP contribution in [0.1, 0.15) is 59.4 Å². The van der Waals surface area contributed by atoms with Gasteiger partial charge in [-0.2, -0.15) is 0 Å². The minimum absolute atomic E-state index is 0.0431. The Labute approximate surface area is 201 Å². The molecule has 3 heterocycles. The van der Waals surface area contributed by atoms with Gasteiger partial charge in [-0.3, -0.25) is 9.69 Å². The first-order valence-electron chi connectivity index (χ1n) is 11.9. The van der Waals surface area contributed by atoms with Gasteiger partial charge in [-0.25, -0.2) is 0 Å². The van der Waals surface area contributed by atoms with E-state index in [1.54, 1.807) is 0 Å². The number of nitrogens with one attached hydrogen (secondary N) is 1. The van der Waals surface area contributed by atoms with E-state index in [1.807, 2.05) is 12.1 Å². The van der Waals surface area contributed by atoms with Gasteiger partial charge in [-0.1, -0.05) is 55.1 Å². The lowest BCUT2D eigenvalue weighted by atomic mass is 9.87. The van der Waals surface area contributed by atoms with Gasteiger partial charge in [0, 0.05) is 35.1 Å². The van der Waals surface area contributed by atoms with Crippen molar-refractivity contribution in [3.8, 4) is 0 Å². The molecule has 0 aliphatic carbocycles. The third-order valence-corrected chi connectivity index (χ3v) is 7.97. The SMILES string of the molecule is C=C1CCC(N2Cc3cc(C4CCN(Cc5c(C)cccc5Cl)CC4)ccc3C2=C)C(=O)N1.